The average Bonchev–Trinajstić information content (AvgIpc) is 2.83. The molecule has 0 unspecified atom stereocenters. The second-order valence-corrected chi connectivity index (χ2v) is 6.22. The number of anilines is 1. The third kappa shape index (κ3) is 3.05. The highest BCUT2D eigenvalue weighted by Crippen LogP contribution is 2.18. The molecule has 0 saturated carbocycles. The van der Waals surface area contributed by atoms with Crippen LogP contribution in [0, 0.1) is 0 Å². The molecule has 96 valence electrons. The van der Waals surface area contributed by atoms with Crippen LogP contribution in [0.4, 0.5) is 5.69 Å². The lowest BCUT2D eigenvalue weighted by molar-refractivity contribution is 0.601. The number of rotatable bonds is 5. The highest BCUT2D eigenvalue weighted by Gasteiger charge is 2.15. The van der Waals surface area contributed by atoms with E-state index in [9.17, 15) is 8.42 Å². The van der Waals surface area contributed by atoms with Crippen LogP contribution < -0.4 is 4.72 Å². The van der Waals surface area contributed by atoms with E-state index >= 15 is 0 Å². The van der Waals surface area contributed by atoms with Crippen molar-refractivity contribution in [3.05, 3.63) is 42.2 Å². The summed E-state index contributed by atoms with van der Waals surface area (Å²) in [5, 5.41) is 6.11. The molecule has 0 atom stereocenters. The Labute approximate surface area is 110 Å². The van der Waals surface area contributed by atoms with Crippen LogP contribution in [0.15, 0.2) is 41.6 Å². The molecule has 0 aliphatic carbocycles. The fourth-order valence-electron chi connectivity index (χ4n) is 1.49. The Morgan fingerprint density at radius 1 is 1.44 bits per heavy atom. The highest BCUT2D eigenvalue weighted by atomic mass is 32.2. The molecule has 1 aromatic heterocycles. The van der Waals surface area contributed by atoms with E-state index in [4.69, 9.17) is 0 Å². The van der Waals surface area contributed by atoms with Gasteiger partial charge in [-0.25, -0.2) is 8.42 Å². The average molecular weight is 283 g/mol. The van der Waals surface area contributed by atoms with Gasteiger partial charge in [0.15, 0.2) is 0 Å². The lowest BCUT2D eigenvalue weighted by atomic mass is 10.2. The standard InChI is InChI=1S/C11H13N3O2S2/c1-17-8-9-3-2-4-10(5-9)14-18(15,16)11-6-12-13-7-11/h2-7,14H,8H2,1H3,(H,12,13). The number of hydrogen-bond acceptors (Lipinski definition) is 4. The summed E-state index contributed by atoms with van der Waals surface area (Å²) >= 11 is 1.69. The van der Waals surface area contributed by atoms with E-state index in [0.717, 1.165) is 11.3 Å². The summed E-state index contributed by atoms with van der Waals surface area (Å²) in [6, 6.07) is 7.35. The Hall–Kier alpha value is -1.47. The van der Waals surface area contributed by atoms with Gasteiger partial charge in [0.1, 0.15) is 4.90 Å². The van der Waals surface area contributed by atoms with Gasteiger partial charge < -0.3 is 0 Å². The molecule has 0 fully saturated rings. The first-order valence-electron chi connectivity index (χ1n) is 5.21. The van der Waals surface area contributed by atoms with E-state index in [0.29, 0.717) is 5.69 Å². The first-order chi connectivity index (χ1) is 8.62. The number of aromatic amines is 1. The van der Waals surface area contributed by atoms with Gasteiger partial charge in [-0.3, -0.25) is 9.82 Å². The number of sulfonamides is 1. The van der Waals surface area contributed by atoms with Crippen molar-refractivity contribution < 1.29 is 8.42 Å². The molecule has 0 aliphatic rings. The number of H-pyrrole nitrogens is 1. The molecule has 0 radical (unpaired) electrons. The SMILES string of the molecule is CSCc1cccc(NS(=O)(=O)c2cn[nH]c2)c1. The van der Waals surface area contributed by atoms with Crippen LogP contribution in [0.1, 0.15) is 5.56 Å². The molecule has 5 nitrogen and oxygen atoms in total. The molecule has 2 aromatic rings. The maximum absolute atomic E-state index is 12.0. The minimum Gasteiger partial charge on any atom is -0.284 e. The van der Waals surface area contributed by atoms with Gasteiger partial charge in [0.2, 0.25) is 0 Å². The normalized spacial score (nSPS) is 11.4. The van der Waals surface area contributed by atoms with Crippen molar-refractivity contribution in [3.63, 3.8) is 0 Å². The molecular weight excluding hydrogens is 270 g/mol. The fraction of sp³-hybridized carbons (Fsp3) is 0.182. The zero-order chi connectivity index (χ0) is 13.0. The molecule has 0 saturated heterocycles. The third-order valence-electron chi connectivity index (χ3n) is 2.27. The third-order valence-corrected chi connectivity index (χ3v) is 4.24. The van der Waals surface area contributed by atoms with Gasteiger partial charge in [-0.05, 0) is 24.0 Å². The van der Waals surface area contributed by atoms with Crippen LogP contribution in [-0.4, -0.2) is 24.9 Å². The van der Waals surface area contributed by atoms with Crippen LogP contribution in [0.5, 0.6) is 0 Å². The lowest BCUT2D eigenvalue weighted by Gasteiger charge is -2.07. The molecule has 7 heteroatoms. The topological polar surface area (TPSA) is 74.8 Å². The smallest absolute Gasteiger partial charge is 0.265 e. The molecular formula is C11H13N3O2S2. The first kappa shape index (κ1) is 13.0. The van der Waals surface area contributed by atoms with Crippen molar-refractivity contribution in [1.29, 1.82) is 0 Å². The van der Waals surface area contributed by atoms with Gasteiger partial charge in [-0.2, -0.15) is 16.9 Å². The molecule has 1 heterocycles. The van der Waals surface area contributed by atoms with Gasteiger partial charge >= 0.3 is 0 Å². The molecule has 0 aliphatic heterocycles. The maximum Gasteiger partial charge on any atom is 0.265 e. The van der Waals surface area contributed by atoms with E-state index in [1.54, 1.807) is 17.8 Å². The van der Waals surface area contributed by atoms with Gasteiger partial charge in [0, 0.05) is 17.6 Å². The number of thioether (sulfide) groups is 1. The predicted octanol–water partition coefficient (Wildman–Crippen LogP) is 2.07. The lowest BCUT2D eigenvalue weighted by Crippen LogP contribution is -2.12. The monoisotopic (exact) mass is 283 g/mol. The van der Waals surface area contributed by atoms with E-state index in [1.807, 2.05) is 24.5 Å². The van der Waals surface area contributed by atoms with Crippen molar-refractivity contribution in [1.82, 2.24) is 10.2 Å². The Kier molecular flexibility index (Phi) is 3.93. The van der Waals surface area contributed by atoms with Crippen LogP contribution in [-0.2, 0) is 15.8 Å². The fourth-order valence-corrected chi connectivity index (χ4v) is 2.96. The molecule has 18 heavy (non-hydrogen) atoms. The minimum absolute atomic E-state index is 0.123. The number of benzene rings is 1. The van der Waals surface area contributed by atoms with Crippen LogP contribution in [0.25, 0.3) is 0 Å². The quantitative estimate of drug-likeness (QED) is 0.881. The maximum atomic E-state index is 12.0. The summed E-state index contributed by atoms with van der Waals surface area (Å²) in [6.45, 7) is 0. The van der Waals surface area contributed by atoms with E-state index in [-0.39, 0.29) is 4.90 Å². The van der Waals surface area contributed by atoms with E-state index < -0.39 is 10.0 Å². The van der Waals surface area contributed by atoms with Gasteiger partial charge in [0.05, 0.1) is 6.20 Å². The summed E-state index contributed by atoms with van der Waals surface area (Å²) in [6.07, 6.45) is 4.62. The van der Waals surface area contributed by atoms with Gasteiger partial charge in [-0.1, -0.05) is 12.1 Å². The van der Waals surface area contributed by atoms with Gasteiger partial charge in [0.25, 0.3) is 10.0 Å². The summed E-state index contributed by atoms with van der Waals surface area (Å²) in [4.78, 5) is 0.123. The summed E-state index contributed by atoms with van der Waals surface area (Å²) in [5.41, 5.74) is 1.64. The highest BCUT2D eigenvalue weighted by molar-refractivity contribution is 7.97. The van der Waals surface area contributed by atoms with Crippen molar-refractivity contribution in [2.75, 3.05) is 11.0 Å². The van der Waals surface area contributed by atoms with Gasteiger partial charge in [-0.15, -0.1) is 0 Å². The summed E-state index contributed by atoms with van der Waals surface area (Å²) in [7, 11) is -3.55. The molecule has 0 bridgehead atoms. The molecule has 2 N–H and O–H groups in total. The van der Waals surface area contributed by atoms with E-state index in [1.165, 1.54) is 12.4 Å². The Morgan fingerprint density at radius 2 is 2.28 bits per heavy atom. The van der Waals surface area contributed by atoms with E-state index in [2.05, 4.69) is 14.9 Å². The zero-order valence-corrected chi connectivity index (χ0v) is 11.4. The zero-order valence-electron chi connectivity index (χ0n) is 9.75. The van der Waals surface area contributed by atoms with Crippen LogP contribution in [0.2, 0.25) is 0 Å². The Bertz CT molecular complexity index is 609. The number of nitrogens with zero attached hydrogens (tertiary/aromatic N) is 1. The molecule has 2 rings (SSSR count). The largest absolute Gasteiger partial charge is 0.284 e. The molecule has 0 spiro atoms. The van der Waals surface area contributed by atoms with Crippen molar-refractivity contribution >= 4 is 27.5 Å². The minimum atomic E-state index is -3.55. The number of aromatic nitrogens is 2. The predicted molar refractivity (Wildman–Crippen MR) is 73.1 cm³/mol. The second kappa shape index (κ2) is 5.45. The Balaban J connectivity index is 2.21. The van der Waals surface area contributed by atoms with Crippen LogP contribution in [0.3, 0.4) is 0 Å². The van der Waals surface area contributed by atoms with Crippen molar-refractivity contribution in [2.45, 2.75) is 10.6 Å². The Morgan fingerprint density at radius 3 is 2.94 bits per heavy atom. The number of nitrogens with one attached hydrogen (secondary N) is 2. The van der Waals surface area contributed by atoms with Crippen molar-refractivity contribution in [2.24, 2.45) is 0 Å². The molecule has 1 aromatic carbocycles. The molecule has 0 amide bonds. The first-order valence-corrected chi connectivity index (χ1v) is 8.09. The van der Waals surface area contributed by atoms with Crippen molar-refractivity contribution in [3.8, 4) is 0 Å². The summed E-state index contributed by atoms with van der Waals surface area (Å²) < 4.78 is 26.4. The van der Waals surface area contributed by atoms with Crippen LogP contribution >= 0.6 is 11.8 Å². The number of hydrogen-bond donors (Lipinski definition) is 2. The summed E-state index contributed by atoms with van der Waals surface area (Å²) in [5.74, 6) is 0.848. The second-order valence-electron chi connectivity index (χ2n) is 3.67.